The lowest BCUT2D eigenvalue weighted by atomic mass is 9.92. The van der Waals surface area contributed by atoms with Gasteiger partial charge < -0.3 is 9.47 Å². The van der Waals surface area contributed by atoms with Crippen LogP contribution in [-0.4, -0.2) is 6.29 Å². The Hall–Kier alpha value is -3.00. The quantitative estimate of drug-likeness (QED) is 0.398. The summed E-state index contributed by atoms with van der Waals surface area (Å²) >= 11 is 0. The minimum absolute atomic E-state index is 0.242. The molecule has 0 unspecified atom stereocenters. The Morgan fingerprint density at radius 2 is 1.08 bits per heavy atom. The first kappa shape index (κ1) is 15.3. The molecular weight excluding hydrogens is 320 g/mol. The molecule has 1 heterocycles. The van der Waals surface area contributed by atoms with Crippen LogP contribution in [0.1, 0.15) is 13.8 Å². The van der Waals surface area contributed by atoms with Crippen molar-refractivity contribution in [2.45, 2.75) is 20.1 Å². The Kier molecular flexibility index (Phi) is 3.39. The molecule has 0 fully saturated rings. The molecule has 0 radical (unpaired) electrons. The van der Waals surface area contributed by atoms with E-state index in [1.54, 1.807) is 0 Å². The van der Waals surface area contributed by atoms with Crippen LogP contribution in [0.25, 0.3) is 32.7 Å². The van der Waals surface area contributed by atoms with E-state index in [1.165, 1.54) is 21.5 Å². The van der Waals surface area contributed by atoms with Crippen LogP contribution in [0, 0.1) is 5.92 Å². The van der Waals surface area contributed by atoms with Crippen molar-refractivity contribution < 1.29 is 9.47 Å². The minimum atomic E-state index is -0.308. The molecule has 0 amide bonds. The maximum absolute atomic E-state index is 6.34. The standard InChI is InChI=1S/C24H20O2/c1-15(2)24-25-20-13-11-16-7-3-5-9-18(16)22(20)23-19-10-6-4-8-17(19)12-14-21(23)26-24/h3-15,24H,1-2H3. The van der Waals surface area contributed by atoms with Crippen molar-refractivity contribution in [3.8, 4) is 22.6 Å². The molecule has 0 bridgehead atoms. The zero-order valence-corrected chi connectivity index (χ0v) is 14.9. The molecule has 26 heavy (non-hydrogen) atoms. The summed E-state index contributed by atoms with van der Waals surface area (Å²) in [6.07, 6.45) is -0.308. The fourth-order valence-corrected chi connectivity index (χ4v) is 3.76. The third kappa shape index (κ3) is 2.26. The molecule has 0 aromatic heterocycles. The van der Waals surface area contributed by atoms with Gasteiger partial charge in [0.05, 0.1) is 0 Å². The third-order valence-corrected chi connectivity index (χ3v) is 5.06. The lowest BCUT2D eigenvalue weighted by Gasteiger charge is -2.21. The summed E-state index contributed by atoms with van der Waals surface area (Å²) in [5, 5.41) is 4.79. The molecule has 0 saturated carbocycles. The van der Waals surface area contributed by atoms with E-state index < -0.39 is 0 Å². The average Bonchev–Trinajstić information content (AvgIpc) is 2.85. The first-order chi connectivity index (χ1) is 12.7. The van der Waals surface area contributed by atoms with Gasteiger partial charge in [-0.15, -0.1) is 0 Å². The molecule has 5 rings (SSSR count). The van der Waals surface area contributed by atoms with Crippen LogP contribution in [0.15, 0.2) is 72.8 Å². The largest absolute Gasteiger partial charge is 0.454 e. The molecule has 4 aromatic rings. The zero-order valence-electron chi connectivity index (χ0n) is 14.9. The molecule has 1 aliphatic heterocycles. The maximum Gasteiger partial charge on any atom is 0.243 e. The van der Waals surface area contributed by atoms with Gasteiger partial charge in [-0.3, -0.25) is 0 Å². The van der Waals surface area contributed by atoms with Crippen LogP contribution in [0.5, 0.6) is 11.5 Å². The molecule has 0 aliphatic carbocycles. The number of benzene rings is 4. The SMILES string of the molecule is CC(C)C1Oc2ccc3ccccc3c2-c2c(ccc3ccccc23)O1. The predicted octanol–water partition coefficient (Wildman–Crippen LogP) is 6.41. The van der Waals surface area contributed by atoms with Gasteiger partial charge in [0, 0.05) is 17.0 Å². The van der Waals surface area contributed by atoms with Gasteiger partial charge >= 0.3 is 0 Å². The molecule has 1 aliphatic rings. The predicted molar refractivity (Wildman–Crippen MR) is 107 cm³/mol. The van der Waals surface area contributed by atoms with Crippen LogP contribution in [0.2, 0.25) is 0 Å². The third-order valence-electron chi connectivity index (χ3n) is 5.06. The second-order valence-electron chi connectivity index (χ2n) is 7.17. The lowest BCUT2D eigenvalue weighted by molar-refractivity contribution is -0.0263. The van der Waals surface area contributed by atoms with E-state index in [2.05, 4.69) is 86.6 Å². The molecule has 0 N–H and O–H groups in total. The smallest absolute Gasteiger partial charge is 0.243 e. The van der Waals surface area contributed by atoms with Gasteiger partial charge in [0.2, 0.25) is 6.29 Å². The van der Waals surface area contributed by atoms with E-state index in [0.717, 1.165) is 22.6 Å². The molecule has 2 heteroatoms. The Morgan fingerprint density at radius 1 is 0.615 bits per heavy atom. The van der Waals surface area contributed by atoms with Crippen LogP contribution in [0.4, 0.5) is 0 Å². The van der Waals surface area contributed by atoms with Crippen molar-refractivity contribution in [3.63, 3.8) is 0 Å². The number of fused-ring (bicyclic) bond motifs is 7. The van der Waals surface area contributed by atoms with E-state index >= 15 is 0 Å². The van der Waals surface area contributed by atoms with Gasteiger partial charge in [-0.05, 0) is 33.7 Å². The molecule has 0 spiro atoms. The highest BCUT2D eigenvalue weighted by Gasteiger charge is 2.28. The molecule has 2 nitrogen and oxygen atoms in total. The number of hydrogen-bond acceptors (Lipinski definition) is 2. The molecule has 128 valence electrons. The topological polar surface area (TPSA) is 18.5 Å². The van der Waals surface area contributed by atoms with Crippen molar-refractivity contribution in [3.05, 3.63) is 72.8 Å². The summed E-state index contributed by atoms with van der Waals surface area (Å²) in [4.78, 5) is 0. The normalized spacial score (nSPS) is 13.8. The Bertz CT molecular complexity index is 1040. The number of rotatable bonds is 1. The highest BCUT2D eigenvalue weighted by atomic mass is 16.7. The Balaban J connectivity index is 1.94. The highest BCUT2D eigenvalue weighted by molar-refractivity contribution is 6.09. The summed E-state index contributed by atoms with van der Waals surface area (Å²) in [6, 6.07) is 25.3. The second-order valence-corrected chi connectivity index (χ2v) is 7.17. The van der Waals surface area contributed by atoms with Gasteiger partial charge in [-0.2, -0.15) is 0 Å². The second kappa shape index (κ2) is 5.77. The van der Waals surface area contributed by atoms with Gasteiger partial charge in [-0.1, -0.05) is 74.5 Å². The zero-order chi connectivity index (χ0) is 17.7. The van der Waals surface area contributed by atoms with Crippen molar-refractivity contribution in [1.29, 1.82) is 0 Å². The fourth-order valence-electron chi connectivity index (χ4n) is 3.76. The summed E-state index contributed by atoms with van der Waals surface area (Å²) in [6.45, 7) is 4.24. The molecule has 4 aromatic carbocycles. The van der Waals surface area contributed by atoms with Crippen molar-refractivity contribution >= 4 is 21.5 Å². The van der Waals surface area contributed by atoms with Crippen molar-refractivity contribution in [2.24, 2.45) is 5.92 Å². The van der Waals surface area contributed by atoms with Crippen LogP contribution >= 0.6 is 0 Å². The molecule has 0 atom stereocenters. The van der Waals surface area contributed by atoms with Crippen molar-refractivity contribution in [2.75, 3.05) is 0 Å². The van der Waals surface area contributed by atoms with Crippen LogP contribution < -0.4 is 9.47 Å². The van der Waals surface area contributed by atoms with Gasteiger partial charge in [0.25, 0.3) is 0 Å². The summed E-state index contributed by atoms with van der Waals surface area (Å²) in [5.74, 6) is 2.02. The average molecular weight is 340 g/mol. The van der Waals surface area contributed by atoms with Gasteiger partial charge in [0.1, 0.15) is 11.5 Å². The Labute approximate surface area is 153 Å². The van der Waals surface area contributed by atoms with E-state index in [9.17, 15) is 0 Å². The molecular formula is C24H20O2. The van der Waals surface area contributed by atoms with E-state index in [-0.39, 0.29) is 12.2 Å². The maximum atomic E-state index is 6.34. The lowest BCUT2D eigenvalue weighted by Crippen LogP contribution is -2.28. The monoisotopic (exact) mass is 340 g/mol. The van der Waals surface area contributed by atoms with E-state index in [4.69, 9.17) is 9.47 Å². The first-order valence-corrected chi connectivity index (χ1v) is 9.09. The highest BCUT2D eigenvalue weighted by Crippen LogP contribution is 2.48. The van der Waals surface area contributed by atoms with Crippen LogP contribution in [0.3, 0.4) is 0 Å². The van der Waals surface area contributed by atoms with Gasteiger partial charge in [-0.25, -0.2) is 0 Å². The summed E-state index contributed by atoms with van der Waals surface area (Å²) in [7, 11) is 0. The number of hydrogen-bond donors (Lipinski definition) is 0. The fraction of sp³-hybridized carbons (Fsp3) is 0.167. The number of ether oxygens (including phenoxy) is 2. The van der Waals surface area contributed by atoms with E-state index in [1.807, 2.05) is 0 Å². The minimum Gasteiger partial charge on any atom is -0.454 e. The van der Waals surface area contributed by atoms with Crippen molar-refractivity contribution in [1.82, 2.24) is 0 Å². The van der Waals surface area contributed by atoms with E-state index in [0.29, 0.717) is 0 Å². The van der Waals surface area contributed by atoms with Crippen LogP contribution in [-0.2, 0) is 0 Å². The summed E-state index contributed by atoms with van der Waals surface area (Å²) < 4.78 is 12.7. The first-order valence-electron chi connectivity index (χ1n) is 9.09. The Morgan fingerprint density at radius 3 is 1.54 bits per heavy atom. The summed E-state index contributed by atoms with van der Waals surface area (Å²) in [5.41, 5.74) is 2.25. The van der Waals surface area contributed by atoms with Gasteiger partial charge in [0.15, 0.2) is 0 Å². The molecule has 0 saturated heterocycles.